The van der Waals surface area contributed by atoms with E-state index in [-0.39, 0.29) is 18.3 Å². The van der Waals surface area contributed by atoms with E-state index in [9.17, 15) is 18.0 Å². The first-order chi connectivity index (χ1) is 10.4. The quantitative estimate of drug-likeness (QED) is 0.800. The van der Waals surface area contributed by atoms with Gasteiger partial charge in [0.25, 0.3) is 0 Å². The molecule has 2 rings (SSSR count). The van der Waals surface area contributed by atoms with Crippen LogP contribution in [0.4, 0.5) is 13.2 Å². The number of aromatic nitrogens is 3. The summed E-state index contributed by atoms with van der Waals surface area (Å²) in [6.45, 7) is -0.504. The summed E-state index contributed by atoms with van der Waals surface area (Å²) < 4.78 is 38.9. The number of rotatable bonds is 6. The Labute approximate surface area is 131 Å². The van der Waals surface area contributed by atoms with Gasteiger partial charge in [0.05, 0.1) is 6.54 Å². The Hall–Kier alpha value is -1.25. The zero-order valence-corrected chi connectivity index (χ0v) is 13.2. The summed E-state index contributed by atoms with van der Waals surface area (Å²) in [6.07, 6.45) is 0.243. The van der Waals surface area contributed by atoms with Crippen LogP contribution in [0, 0.1) is 0 Å². The molecule has 0 unspecified atom stereocenters. The Bertz CT molecular complexity index is 518. The molecule has 22 heavy (non-hydrogen) atoms. The minimum absolute atomic E-state index is 0.0292. The van der Waals surface area contributed by atoms with Gasteiger partial charge in [-0.25, -0.2) is 9.67 Å². The Morgan fingerprint density at radius 2 is 2.09 bits per heavy atom. The van der Waals surface area contributed by atoms with Crippen LogP contribution in [0.3, 0.4) is 0 Å². The minimum atomic E-state index is -4.36. The van der Waals surface area contributed by atoms with Crippen molar-refractivity contribution in [3.63, 3.8) is 0 Å². The minimum Gasteiger partial charge on any atom is -0.335 e. The lowest BCUT2D eigenvalue weighted by molar-refractivity contribution is -0.143. The molecule has 0 N–H and O–H groups in total. The van der Waals surface area contributed by atoms with E-state index in [2.05, 4.69) is 10.1 Å². The van der Waals surface area contributed by atoms with Crippen LogP contribution in [0.1, 0.15) is 30.9 Å². The highest BCUT2D eigenvalue weighted by molar-refractivity contribution is 7.98. The molecule has 1 aromatic heterocycles. The molecule has 1 fully saturated rings. The number of nitrogens with zero attached hydrogens (tertiary/aromatic N) is 4. The van der Waals surface area contributed by atoms with E-state index >= 15 is 0 Å². The molecule has 1 aliphatic heterocycles. The van der Waals surface area contributed by atoms with E-state index in [4.69, 9.17) is 0 Å². The normalized spacial score (nSPS) is 16.4. The topological polar surface area (TPSA) is 51.0 Å². The number of carbonyl (C=O) groups is 1. The Morgan fingerprint density at radius 1 is 1.32 bits per heavy atom. The standard InChI is InChI=1S/C13H19F3N4OS/c1-22-7-5-10-17-11(20(18-10)9-13(14,15)16)8-19-6-3-2-4-12(19)21/h2-9H2,1H3. The molecule has 0 saturated carbocycles. The molecule has 0 spiro atoms. The van der Waals surface area contributed by atoms with E-state index in [1.54, 1.807) is 16.7 Å². The van der Waals surface area contributed by atoms with Crippen molar-refractivity contribution in [3.8, 4) is 0 Å². The van der Waals surface area contributed by atoms with Crippen molar-refractivity contribution in [2.24, 2.45) is 0 Å². The van der Waals surface area contributed by atoms with E-state index in [0.29, 0.717) is 25.2 Å². The van der Waals surface area contributed by atoms with Gasteiger partial charge < -0.3 is 4.90 Å². The molecule has 0 bridgehead atoms. The number of halogens is 3. The largest absolute Gasteiger partial charge is 0.408 e. The molecule has 1 saturated heterocycles. The third-order valence-corrected chi connectivity index (χ3v) is 4.02. The fraction of sp³-hybridized carbons (Fsp3) is 0.769. The van der Waals surface area contributed by atoms with Gasteiger partial charge in [-0.05, 0) is 19.1 Å². The first-order valence-electron chi connectivity index (χ1n) is 7.15. The van der Waals surface area contributed by atoms with E-state index < -0.39 is 12.7 Å². The van der Waals surface area contributed by atoms with Gasteiger partial charge in [-0.2, -0.15) is 30.0 Å². The highest BCUT2D eigenvalue weighted by Crippen LogP contribution is 2.20. The number of carbonyl (C=O) groups excluding carboxylic acids is 1. The monoisotopic (exact) mass is 336 g/mol. The third kappa shape index (κ3) is 4.89. The lowest BCUT2D eigenvalue weighted by Gasteiger charge is -2.26. The Balaban J connectivity index is 2.15. The van der Waals surface area contributed by atoms with Crippen LogP contribution in [0.15, 0.2) is 0 Å². The average Bonchev–Trinajstić information content (AvgIpc) is 2.79. The van der Waals surface area contributed by atoms with Crippen LogP contribution >= 0.6 is 11.8 Å². The highest BCUT2D eigenvalue weighted by Gasteiger charge is 2.31. The summed E-state index contributed by atoms with van der Waals surface area (Å²) in [4.78, 5) is 17.6. The van der Waals surface area contributed by atoms with Gasteiger partial charge in [0.15, 0.2) is 5.82 Å². The van der Waals surface area contributed by atoms with Crippen LogP contribution in [-0.4, -0.2) is 50.3 Å². The maximum Gasteiger partial charge on any atom is 0.408 e. The predicted octanol–water partition coefficient (Wildman–Crippen LogP) is 2.26. The van der Waals surface area contributed by atoms with Crippen molar-refractivity contribution >= 4 is 17.7 Å². The number of alkyl halides is 3. The summed E-state index contributed by atoms with van der Waals surface area (Å²) in [5.41, 5.74) is 0. The molecule has 1 aromatic rings. The summed E-state index contributed by atoms with van der Waals surface area (Å²) in [5.74, 6) is 1.33. The van der Waals surface area contributed by atoms with Crippen LogP contribution < -0.4 is 0 Å². The molecule has 0 radical (unpaired) electrons. The van der Waals surface area contributed by atoms with Gasteiger partial charge >= 0.3 is 6.18 Å². The van der Waals surface area contributed by atoms with Gasteiger partial charge in [-0.3, -0.25) is 4.79 Å². The Morgan fingerprint density at radius 3 is 2.73 bits per heavy atom. The lowest BCUT2D eigenvalue weighted by Crippen LogP contribution is -2.36. The molecule has 1 aliphatic rings. The van der Waals surface area contributed by atoms with Gasteiger partial charge in [-0.15, -0.1) is 0 Å². The maximum atomic E-state index is 12.7. The smallest absolute Gasteiger partial charge is 0.335 e. The van der Waals surface area contributed by atoms with Gasteiger partial charge in [0.1, 0.15) is 12.4 Å². The molecule has 124 valence electrons. The molecule has 0 aliphatic carbocycles. The van der Waals surface area contributed by atoms with Crippen LogP contribution in [-0.2, 0) is 24.3 Å². The first kappa shape index (κ1) is 17.1. The number of thioether (sulfide) groups is 1. The molecule has 0 atom stereocenters. The predicted molar refractivity (Wildman–Crippen MR) is 77.4 cm³/mol. The van der Waals surface area contributed by atoms with Crippen molar-refractivity contribution < 1.29 is 18.0 Å². The number of piperidine rings is 1. The zero-order valence-electron chi connectivity index (χ0n) is 12.4. The zero-order chi connectivity index (χ0) is 16.2. The van der Waals surface area contributed by atoms with Crippen LogP contribution in [0.5, 0.6) is 0 Å². The molecule has 5 nitrogen and oxygen atoms in total. The average molecular weight is 336 g/mol. The lowest BCUT2D eigenvalue weighted by atomic mass is 10.1. The molecule has 0 aromatic carbocycles. The van der Waals surface area contributed by atoms with Gasteiger partial charge in [0.2, 0.25) is 5.91 Å². The number of aryl methyl sites for hydroxylation is 1. The van der Waals surface area contributed by atoms with E-state index in [1.807, 2.05) is 6.26 Å². The molecular weight excluding hydrogens is 317 g/mol. The Kier molecular flexibility index (Phi) is 5.71. The number of amides is 1. The third-order valence-electron chi connectivity index (χ3n) is 3.40. The van der Waals surface area contributed by atoms with Gasteiger partial charge in [0, 0.05) is 25.1 Å². The fourth-order valence-electron chi connectivity index (χ4n) is 2.34. The molecule has 9 heteroatoms. The summed E-state index contributed by atoms with van der Waals surface area (Å²) >= 11 is 1.58. The van der Waals surface area contributed by atoms with Gasteiger partial charge in [-0.1, -0.05) is 0 Å². The van der Waals surface area contributed by atoms with Crippen molar-refractivity contribution in [2.75, 3.05) is 18.6 Å². The molecule has 2 heterocycles. The summed E-state index contributed by atoms with van der Waals surface area (Å²) in [5, 5.41) is 3.96. The second-order valence-electron chi connectivity index (χ2n) is 5.23. The van der Waals surface area contributed by atoms with Crippen LogP contribution in [0.25, 0.3) is 0 Å². The molecular formula is C13H19F3N4OS. The summed E-state index contributed by atoms with van der Waals surface area (Å²) in [7, 11) is 0. The van der Waals surface area contributed by atoms with Crippen molar-refractivity contribution in [3.05, 3.63) is 11.6 Å². The van der Waals surface area contributed by atoms with Crippen molar-refractivity contribution in [2.45, 2.75) is 44.9 Å². The maximum absolute atomic E-state index is 12.7. The SMILES string of the molecule is CSCCc1nc(CN2CCCCC2=O)n(CC(F)(F)F)n1. The van der Waals surface area contributed by atoms with Crippen LogP contribution in [0.2, 0.25) is 0 Å². The van der Waals surface area contributed by atoms with E-state index in [1.165, 1.54) is 0 Å². The second kappa shape index (κ2) is 7.34. The first-order valence-corrected chi connectivity index (χ1v) is 8.54. The number of hydrogen-bond acceptors (Lipinski definition) is 4. The van der Waals surface area contributed by atoms with Crippen molar-refractivity contribution in [1.29, 1.82) is 0 Å². The number of hydrogen-bond donors (Lipinski definition) is 0. The fourth-order valence-corrected chi connectivity index (χ4v) is 2.73. The number of likely N-dealkylation sites (tertiary alicyclic amines) is 1. The van der Waals surface area contributed by atoms with E-state index in [0.717, 1.165) is 23.3 Å². The van der Waals surface area contributed by atoms with Crippen molar-refractivity contribution in [1.82, 2.24) is 19.7 Å². The molecule has 1 amide bonds. The summed E-state index contributed by atoms with van der Waals surface area (Å²) in [6, 6.07) is 0. The second-order valence-corrected chi connectivity index (χ2v) is 6.22. The highest BCUT2D eigenvalue weighted by atomic mass is 32.2.